The van der Waals surface area contributed by atoms with Crippen molar-refractivity contribution < 1.29 is 18.0 Å². The van der Waals surface area contributed by atoms with E-state index in [1.54, 1.807) is 47.1 Å². The molecule has 0 aromatic heterocycles. The fourth-order valence-corrected chi connectivity index (χ4v) is 5.01. The fraction of sp³-hybridized carbons (Fsp3) is 0.417. The summed E-state index contributed by atoms with van der Waals surface area (Å²) in [7, 11) is -3.83. The molecular weight excluding hydrogens is 426 g/mol. The summed E-state index contributed by atoms with van der Waals surface area (Å²) >= 11 is 0. The molecule has 1 aliphatic heterocycles. The van der Waals surface area contributed by atoms with Crippen molar-refractivity contribution in [2.24, 2.45) is 0 Å². The summed E-state index contributed by atoms with van der Waals surface area (Å²) in [6.45, 7) is 11.3. The molecular formula is C24H31N3O4S. The first-order valence-electron chi connectivity index (χ1n) is 10.7. The standard InChI is InChI=1S/C24H31N3O4S/c1-17-9-10-20(24(3,4)5)16-22(17)32(30,31)25-21-8-6-7-19(15-21)23(29)27-13-11-26(12-14-27)18(2)28/h6-10,15-16,25H,11-14H2,1-5H3. The van der Waals surface area contributed by atoms with Crippen LogP contribution in [0.4, 0.5) is 5.69 Å². The third kappa shape index (κ3) is 5.30. The molecule has 32 heavy (non-hydrogen) atoms. The molecule has 3 rings (SSSR count). The van der Waals surface area contributed by atoms with Gasteiger partial charge >= 0.3 is 0 Å². The van der Waals surface area contributed by atoms with Crippen molar-refractivity contribution in [1.29, 1.82) is 0 Å². The molecule has 0 radical (unpaired) electrons. The summed E-state index contributed by atoms with van der Waals surface area (Å²) in [6.07, 6.45) is 0. The highest BCUT2D eigenvalue weighted by Crippen LogP contribution is 2.28. The zero-order chi connectivity index (χ0) is 23.7. The van der Waals surface area contributed by atoms with Crippen molar-refractivity contribution in [3.63, 3.8) is 0 Å². The van der Waals surface area contributed by atoms with Crippen molar-refractivity contribution in [2.45, 2.75) is 44.9 Å². The highest BCUT2D eigenvalue weighted by Gasteiger charge is 2.25. The van der Waals surface area contributed by atoms with Crippen LogP contribution in [0.2, 0.25) is 0 Å². The number of aryl methyl sites for hydroxylation is 1. The van der Waals surface area contributed by atoms with Crippen molar-refractivity contribution in [3.8, 4) is 0 Å². The Hall–Kier alpha value is -2.87. The number of nitrogens with one attached hydrogen (secondary N) is 1. The first kappa shape index (κ1) is 23.8. The SMILES string of the molecule is CC(=O)N1CCN(C(=O)c2cccc(NS(=O)(=O)c3cc(C(C)(C)C)ccc3C)c2)CC1. The number of carbonyl (C=O) groups is 2. The van der Waals surface area contributed by atoms with Gasteiger partial charge in [0, 0.05) is 44.4 Å². The van der Waals surface area contributed by atoms with Crippen molar-refractivity contribution in [2.75, 3.05) is 30.9 Å². The molecule has 2 aromatic rings. The molecule has 0 bridgehead atoms. The van der Waals surface area contributed by atoms with Gasteiger partial charge in [-0.2, -0.15) is 0 Å². The molecule has 0 atom stereocenters. The normalized spacial score (nSPS) is 14.9. The molecule has 0 spiro atoms. The maximum absolute atomic E-state index is 13.1. The van der Waals surface area contributed by atoms with Gasteiger partial charge in [-0.25, -0.2) is 8.42 Å². The van der Waals surface area contributed by atoms with Gasteiger partial charge in [0.1, 0.15) is 0 Å². The Morgan fingerprint density at radius 3 is 2.16 bits per heavy atom. The number of rotatable bonds is 4. The van der Waals surface area contributed by atoms with E-state index in [1.807, 2.05) is 32.9 Å². The average Bonchev–Trinajstić information content (AvgIpc) is 2.72. The van der Waals surface area contributed by atoms with E-state index < -0.39 is 10.0 Å². The molecule has 1 saturated heterocycles. The van der Waals surface area contributed by atoms with Crippen LogP contribution in [0.5, 0.6) is 0 Å². The number of nitrogens with zero attached hydrogens (tertiary/aromatic N) is 2. The summed E-state index contributed by atoms with van der Waals surface area (Å²) < 4.78 is 28.9. The number of sulfonamides is 1. The Morgan fingerprint density at radius 2 is 1.56 bits per heavy atom. The van der Waals surface area contributed by atoms with Crippen LogP contribution in [0.1, 0.15) is 49.2 Å². The van der Waals surface area contributed by atoms with Crippen LogP contribution in [0.15, 0.2) is 47.4 Å². The molecule has 2 aromatic carbocycles. The Balaban J connectivity index is 1.80. The highest BCUT2D eigenvalue weighted by molar-refractivity contribution is 7.92. The Morgan fingerprint density at radius 1 is 0.938 bits per heavy atom. The second kappa shape index (κ2) is 8.94. The van der Waals surface area contributed by atoms with Gasteiger partial charge in [0.2, 0.25) is 5.91 Å². The summed E-state index contributed by atoms with van der Waals surface area (Å²) in [5.41, 5.74) is 2.13. The van der Waals surface area contributed by atoms with Crippen LogP contribution in [0.3, 0.4) is 0 Å². The molecule has 0 saturated carbocycles. The summed E-state index contributed by atoms with van der Waals surface area (Å²) in [4.78, 5) is 28.0. The van der Waals surface area contributed by atoms with Crippen LogP contribution < -0.4 is 4.72 Å². The monoisotopic (exact) mass is 457 g/mol. The quantitative estimate of drug-likeness (QED) is 0.762. The van der Waals surface area contributed by atoms with E-state index in [0.717, 1.165) is 5.56 Å². The molecule has 1 fully saturated rings. The lowest BCUT2D eigenvalue weighted by atomic mass is 9.87. The number of hydrogen-bond donors (Lipinski definition) is 1. The number of carbonyl (C=O) groups excluding carboxylic acids is 2. The number of hydrogen-bond acceptors (Lipinski definition) is 4. The third-order valence-corrected chi connectivity index (χ3v) is 7.24. The number of amides is 2. The summed E-state index contributed by atoms with van der Waals surface area (Å²) in [5.74, 6) is -0.181. The van der Waals surface area contributed by atoms with Crippen molar-refractivity contribution in [1.82, 2.24) is 9.80 Å². The first-order valence-corrected chi connectivity index (χ1v) is 12.2. The minimum Gasteiger partial charge on any atom is -0.339 e. The topological polar surface area (TPSA) is 86.8 Å². The number of anilines is 1. The van der Waals surface area contributed by atoms with Crippen LogP contribution in [-0.4, -0.2) is 56.2 Å². The molecule has 1 heterocycles. The van der Waals surface area contributed by atoms with E-state index in [4.69, 9.17) is 0 Å². The molecule has 1 N–H and O–H groups in total. The van der Waals surface area contributed by atoms with E-state index in [1.165, 1.54) is 6.92 Å². The summed E-state index contributed by atoms with van der Waals surface area (Å²) in [5, 5.41) is 0. The lowest BCUT2D eigenvalue weighted by Crippen LogP contribution is -2.50. The van der Waals surface area contributed by atoms with E-state index in [2.05, 4.69) is 4.72 Å². The molecule has 8 heteroatoms. The third-order valence-electron chi connectivity index (χ3n) is 5.72. The largest absolute Gasteiger partial charge is 0.339 e. The zero-order valence-corrected chi connectivity index (χ0v) is 20.1. The maximum atomic E-state index is 13.1. The Kier molecular flexibility index (Phi) is 6.64. The smallest absolute Gasteiger partial charge is 0.262 e. The average molecular weight is 458 g/mol. The Labute approximate surface area is 190 Å². The molecule has 7 nitrogen and oxygen atoms in total. The predicted molar refractivity (Wildman–Crippen MR) is 125 cm³/mol. The number of benzene rings is 2. The second-order valence-electron chi connectivity index (χ2n) is 9.21. The van der Waals surface area contributed by atoms with Gasteiger partial charge in [0.25, 0.3) is 15.9 Å². The van der Waals surface area contributed by atoms with Crippen LogP contribution >= 0.6 is 0 Å². The minimum atomic E-state index is -3.83. The van der Waals surface area contributed by atoms with Gasteiger partial charge in [-0.05, 0) is 47.7 Å². The summed E-state index contributed by atoms with van der Waals surface area (Å²) in [6, 6.07) is 12.0. The molecule has 172 valence electrons. The Bertz CT molecular complexity index is 1130. The van der Waals surface area contributed by atoms with Gasteiger partial charge in [-0.15, -0.1) is 0 Å². The van der Waals surface area contributed by atoms with Gasteiger partial charge < -0.3 is 9.80 Å². The van der Waals surface area contributed by atoms with E-state index in [9.17, 15) is 18.0 Å². The van der Waals surface area contributed by atoms with E-state index >= 15 is 0 Å². The van der Waals surface area contributed by atoms with Crippen LogP contribution in [-0.2, 0) is 20.2 Å². The van der Waals surface area contributed by atoms with Crippen LogP contribution in [0, 0.1) is 6.92 Å². The molecule has 0 aliphatic carbocycles. The molecule has 2 amide bonds. The van der Waals surface area contributed by atoms with Gasteiger partial charge in [0.05, 0.1) is 4.90 Å². The lowest BCUT2D eigenvalue weighted by Gasteiger charge is -2.34. The van der Waals surface area contributed by atoms with Crippen molar-refractivity contribution >= 4 is 27.5 Å². The molecule has 1 aliphatic rings. The van der Waals surface area contributed by atoms with Gasteiger partial charge in [-0.3, -0.25) is 14.3 Å². The van der Waals surface area contributed by atoms with Crippen LogP contribution in [0.25, 0.3) is 0 Å². The zero-order valence-electron chi connectivity index (χ0n) is 19.3. The lowest BCUT2D eigenvalue weighted by molar-refractivity contribution is -0.130. The van der Waals surface area contributed by atoms with Gasteiger partial charge in [0.15, 0.2) is 0 Å². The van der Waals surface area contributed by atoms with E-state index in [0.29, 0.717) is 43.0 Å². The minimum absolute atomic E-state index is 0.000624. The van der Waals surface area contributed by atoms with Crippen molar-refractivity contribution in [3.05, 3.63) is 59.2 Å². The highest BCUT2D eigenvalue weighted by atomic mass is 32.2. The first-order chi connectivity index (χ1) is 14.9. The number of piperazine rings is 1. The fourth-order valence-electron chi connectivity index (χ4n) is 3.69. The van der Waals surface area contributed by atoms with E-state index in [-0.39, 0.29) is 22.1 Å². The maximum Gasteiger partial charge on any atom is 0.262 e. The molecule has 0 unspecified atom stereocenters. The van der Waals surface area contributed by atoms with Gasteiger partial charge in [-0.1, -0.05) is 39.0 Å². The predicted octanol–water partition coefficient (Wildman–Crippen LogP) is 3.40. The second-order valence-corrected chi connectivity index (χ2v) is 10.9.